The second kappa shape index (κ2) is 7.06. The molecule has 6 heteroatoms. The molecule has 0 aliphatic carbocycles. The molecule has 0 bridgehead atoms. The molecule has 0 saturated carbocycles. The van der Waals surface area contributed by atoms with Gasteiger partial charge >= 0.3 is 5.97 Å². The number of carboxylic acid groups (broad SMARTS) is 1. The number of rotatable bonds is 5. The lowest BCUT2D eigenvalue weighted by atomic mass is 10.2. The highest BCUT2D eigenvalue weighted by molar-refractivity contribution is 7.99. The molecule has 1 aromatic carbocycles. The van der Waals surface area contributed by atoms with Gasteiger partial charge in [-0.1, -0.05) is 0 Å². The van der Waals surface area contributed by atoms with Crippen molar-refractivity contribution < 1.29 is 14.3 Å². The van der Waals surface area contributed by atoms with Crippen molar-refractivity contribution in [3.05, 3.63) is 29.6 Å². The lowest BCUT2D eigenvalue weighted by molar-refractivity contribution is 0.0696. The maximum Gasteiger partial charge on any atom is 0.335 e. The van der Waals surface area contributed by atoms with Crippen LogP contribution in [0.2, 0.25) is 0 Å². The van der Waals surface area contributed by atoms with Crippen LogP contribution in [-0.2, 0) is 0 Å². The molecule has 1 heterocycles. The Balaban J connectivity index is 1.84. The van der Waals surface area contributed by atoms with Gasteiger partial charge in [-0.15, -0.1) is 11.8 Å². The average Bonchev–Trinajstić information content (AvgIpc) is 2.43. The van der Waals surface area contributed by atoms with Gasteiger partial charge in [-0.2, -0.15) is 0 Å². The maximum atomic E-state index is 13.6. The molecule has 1 aliphatic rings. The first kappa shape index (κ1) is 15.3. The Morgan fingerprint density at radius 3 is 2.70 bits per heavy atom. The van der Waals surface area contributed by atoms with Crippen molar-refractivity contribution in [3.63, 3.8) is 0 Å². The van der Waals surface area contributed by atoms with Crippen LogP contribution in [0.4, 0.5) is 4.39 Å². The molecule has 1 fully saturated rings. The minimum absolute atomic E-state index is 0.133. The van der Waals surface area contributed by atoms with E-state index in [0.717, 1.165) is 38.5 Å². The summed E-state index contributed by atoms with van der Waals surface area (Å²) in [6, 6.07) is 3.93. The first-order chi connectivity index (χ1) is 9.56. The number of piperazine rings is 1. The van der Waals surface area contributed by atoms with Crippen molar-refractivity contribution >= 4 is 17.7 Å². The van der Waals surface area contributed by atoms with Gasteiger partial charge in [0.2, 0.25) is 0 Å². The van der Waals surface area contributed by atoms with Crippen LogP contribution in [0.3, 0.4) is 0 Å². The van der Waals surface area contributed by atoms with Crippen LogP contribution >= 0.6 is 11.8 Å². The number of carboxylic acids is 1. The summed E-state index contributed by atoms with van der Waals surface area (Å²) in [6.45, 7) is 5.10. The van der Waals surface area contributed by atoms with E-state index >= 15 is 0 Å². The Hall–Kier alpha value is -1.11. The van der Waals surface area contributed by atoms with Crippen molar-refractivity contribution in [3.8, 4) is 0 Å². The topological polar surface area (TPSA) is 43.8 Å². The monoisotopic (exact) mass is 298 g/mol. The molecule has 0 atom stereocenters. The Bertz CT molecular complexity index is 476. The van der Waals surface area contributed by atoms with Gasteiger partial charge in [0.25, 0.3) is 0 Å². The van der Waals surface area contributed by atoms with Crippen LogP contribution in [0.1, 0.15) is 10.4 Å². The predicted molar refractivity (Wildman–Crippen MR) is 78.0 cm³/mol. The summed E-state index contributed by atoms with van der Waals surface area (Å²) in [6.07, 6.45) is 0. The largest absolute Gasteiger partial charge is 0.478 e. The highest BCUT2D eigenvalue weighted by Crippen LogP contribution is 2.23. The van der Waals surface area contributed by atoms with Gasteiger partial charge in [0, 0.05) is 43.4 Å². The van der Waals surface area contributed by atoms with E-state index in [2.05, 4.69) is 16.8 Å². The number of hydrogen-bond acceptors (Lipinski definition) is 4. The molecule has 20 heavy (non-hydrogen) atoms. The lowest BCUT2D eigenvalue weighted by Gasteiger charge is -2.32. The molecule has 1 N–H and O–H groups in total. The smallest absolute Gasteiger partial charge is 0.335 e. The molecule has 1 aromatic rings. The second-order valence-corrected chi connectivity index (χ2v) is 6.08. The van der Waals surface area contributed by atoms with E-state index in [1.807, 2.05) is 0 Å². The summed E-state index contributed by atoms with van der Waals surface area (Å²) in [5.74, 6) is -0.603. The molecule has 2 rings (SSSR count). The molecule has 1 saturated heterocycles. The molecule has 0 amide bonds. The van der Waals surface area contributed by atoms with Gasteiger partial charge in [-0.25, -0.2) is 9.18 Å². The number of likely N-dealkylation sites (N-methyl/N-ethyl adjacent to an activating group) is 1. The molecule has 0 unspecified atom stereocenters. The van der Waals surface area contributed by atoms with E-state index < -0.39 is 5.97 Å². The predicted octanol–water partition coefficient (Wildman–Crippen LogP) is 1.86. The van der Waals surface area contributed by atoms with Crippen molar-refractivity contribution in [2.45, 2.75) is 4.90 Å². The van der Waals surface area contributed by atoms with Crippen molar-refractivity contribution in [2.75, 3.05) is 45.5 Å². The van der Waals surface area contributed by atoms with E-state index in [1.165, 1.54) is 30.0 Å². The molecular weight excluding hydrogens is 279 g/mol. The maximum absolute atomic E-state index is 13.6. The number of hydrogen-bond donors (Lipinski definition) is 1. The van der Waals surface area contributed by atoms with Gasteiger partial charge in [0.05, 0.1) is 5.56 Å². The number of carbonyl (C=O) groups is 1. The third kappa shape index (κ3) is 4.19. The highest BCUT2D eigenvalue weighted by atomic mass is 32.2. The molecule has 4 nitrogen and oxygen atoms in total. The second-order valence-electron chi connectivity index (χ2n) is 4.94. The summed E-state index contributed by atoms with van der Waals surface area (Å²) >= 11 is 1.38. The zero-order valence-corrected chi connectivity index (χ0v) is 12.3. The summed E-state index contributed by atoms with van der Waals surface area (Å²) in [5.41, 5.74) is 0.133. The fourth-order valence-electron chi connectivity index (χ4n) is 2.10. The van der Waals surface area contributed by atoms with E-state index in [9.17, 15) is 9.18 Å². The zero-order valence-electron chi connectivity index (χ0n) is 11.5. The summed E-state index contributed by atoms with van der Waals surface area (Å²) in [7, 11) is 2.11. The van der Waals surface area contributed by atoms with Gasteiger partial charge < -0.3 is 10.0 Å². The fourth-order valence-corrected chi connectivity index (χ4v) is 3.09. The third-order valence-electron chi connectivity index (χ3n) is 3.44. The molecule has 1 aliphatic heterocycles. The van der Waals surface area contributed by atoms with Gasteiger partial charge in [-0.05, 0) is 25.2 Å². The normalized spacial score (nSPS) is 17.3. The van der Waals surface area contributed by atoms with Gasteiger partial charge in [0.1, 0.15) is 5.82 Å². The summed E-state index contributed by atoms with van der Waals surface area (Å²) in [4.78, 5) is 15.9. The lowest BCUT2D eigenvalue weighted by Crippen LogP contribution is -2.45. The third-order valence-corrected chi connectivity index (χ3v) is 4.45. The van der Waals surface area contributed by atoms with Crippen LogP contribution in [0.5, 0.6) is 0 Å². The van der Waals surface area contributed by atoms with E-state index in [-0.39, 0.29) is 11.4 Å². The highest BCUT2D eigenvalue weighted by Gasteiger charge is 2.14. The first-order valence-corrected chi connectivity index (χ1v) is 7.61. The van der Waals surface area contributed by atoms with Crippen molar-refractivity contribution in [1.29, 1.82) is 0 Å². The van der Waals surface area contributed by atoms with Crippen LogP contribution in [0.25, 0.3) is 0 Å². The zero-order chi connectivity index (χ0) is 14.5. The molecular formula is C14H19FN2O2S. The van der Waals surface area contributed by atoms with Crippen LogP contribution in [-0.4, -0.2) is 66.4 Å². The quantitative estimate of drug-likeness (QED) is 0.841. The first-order valence-electron chi connectivity index (χ1n) is 6.63. The SMILES string of the molecule is CN1CCN(CCSc2cc(C(=O)O)ccc2F)CC1. The number of thioether (sulfide) groups is 1. The standard InChI is InChI=1S/C14H19FN2O2S/c1-16-4-6-17(7-5-16)8-9-20-13-10-11(14(18)19)2-3-12(13)15/h2-3,10H,4-9H2,1H3,(H,18,19). The Morgan fingerprint density at radius 2 is 2.05 bits per heavy atom. The summed E-state index contributed by atoms with van der Waals surface area (Å²) in [5, 5.41) is 8.91. The Kier molecular flexibility index (Phi) is 5.39. The number of nitrogens with zero attached hydrogens (tertiary/aromatic N) is 2. The Morgan fingerprint density at radius 1 is 1.35 bits per heavy atom. The average molecular weight is 298 g/mol. The minimum atomic E-state index is -1.02. The number of halogens is 1. The molecule has 0 aromatic heterocycles. The van der Waals surface area contributed by atoms with Crippen molar-refractivity contribution in [1.82, 2.24) is 9.80 Å². The van der Waals surface area contributed by atoms with Crippen LogP contribution in [0.15, 0.2) is 23.1 Å². The van der Waals surface area contributed by atoms with E-state index in [4.69, 9.17) is 5.11 Å². The van der Waals surface area contributed by atoms with Gasteiger partial charge in [-0.3, -0.25) is 4.90 Å². The molecule has 110 valence electrons. The molecule has 0 spiro atoms. The minimum Gasteiger partial charge on any atom is -0.478 e. The number of benzene rings is 1. The fraction of sp³-hybridized carbons (Fsp3) is 0.500. The molecule has 0 radical (unpaired) electrons. The Labute approximate surface area is 122 Å². The van der Waals surface area contributed by atoms with Crippen LogP contribution < -0.4 is 0 Å². The van der Waals surface area contributed by atoms with Gasteiger partial charge in [0.15, 0.2) is 0 Å². The summed E-state index contributed by atoms with van der Waals surface area (Å²) < 4.78 is 13.6. The van der Waals surface area contributed by atoms with Crippen molar-refractivity contribution in [2.24, 2.45) is 0 Å². The van der Waals surface area contributed by atoms with E-state index in [0.29, 0.717) is 4.90 Å². The number of aromatic carboxylic acids is 1. The van der Waals surface area contributed by atoms with E-state index in [1.54, 1.807) is 0 Å². The van der Waals surface area contributed by atoms with Crippen LogP contribution in [0, 0.1) is 5.82 Å².